The molecule has 0 atom stereocenters. The second-order valence-corrected chi connectivity index (χ2v) is 3.40. The molecule has 0 aliphatic heterocycles. The highest BCUT2D eigenvalue weighted by Gasteiger charge is 2.02. The van der Waals surface area contributed by atoms with E-state index < -0.39 is 0 Å². The zero-order valence-corrected chi connectivity index (χ0v) is 8.20. The summed E-state index contributed by atoms with van der Waals surface area (Å²) in [5, 5.41) is 0. The third-order valence-electron chi connectivity index (χ3n) is 1.76. The molecule has 0 heterocycles. The normalized spacial score (nSPS) is 10.2. The lowest BCUT2D eigenvalue weighted by atomic mass is 10.1. The van der Waals surface area contributed by atoms with Crippen molar-refractivity contribution >= 4 is 15.9 Å². The van der Waals surface area contributed by atoms with Crippen LogP contribution in [0.25, 0.3) is 0 Å². The predicted octanol–water partition coefficient (Wildman–Crippen LogP) is 3.46. The molecular weight excluding hydrogens is 207 g/mol. The van der Waals surface area contributed by atoms with E-state index in [0.717, 1.165) is 12.0 Å². The molecule has 1 aromatic carbocycles. The van der Waals surface area contributed by atoms with E-state index in [-0.39, 0.29) is 5.82 Å². The second-order valence-electron chi connectivity index (χ2n) is 2.55. The van der Waals surface area contributed by atoms with Gasteiger partial charge in [0.25, 0.3) is 0 Å². The molecule has 0 nitrogen and oxygen atoms in total. The summed E-state index contributed by atoms with van der Waals surface area (Å²) >= 11 is 3.15. The van der Waals surface area contributed by atoms with Crippen molar-refractivity contribution in [2.75, 3.05) is 0 Å². The van der Waals surface area contributed by atoms with Gasteiger partial charge in [-0.15, -0.1) is 0 Å². The van der Waals surface area contributed by atoms with Gasteiger partial charge in [0.15, 0.2) is 0 Å². The van der Waals surface area contributed by atoms with Gasteiger partial charge in [-0.3, -0.25) is 0 Å². The van der Waals surface area contributed by atoms with E-state index in [1.807, 2.05) is 13.0 Å². The van der Waals surface area contributed by atoms with Crippen LogP contribution in [0.1, 0.15) is 18.1 Å². The summed E-state index contributed by atoms with van der Waals surface area (Å²) in [5.74, 6) is -0.181. The van der Waals surface area contributed by atoms with Crippen molar-refractivity contribution in [3.63, 3.8) is 0 Å². The van der Waals surface area contributed by atoms with Crippen molar-refractivity contribution in [3.05, 3.63) is 33.5 Å². The van der Waals surface area contributed by atoms with Crippen LogP contribution >= 0.6 is 15.9 Å². The highest BCUT2D eigenvalue weighted by atomic mass is 79.9. The first-order valence-corrected chi connectivity index (χ1v) is 4.39. The van der Waals surface area contributed by atoms with E-state index in [4.69, 9.17) is 0 Å². The fourth-order valence-electron chi connectivity index (χ4n) is 1.07. The molecule has 0 saturated carbocycles. The maximum absolute atomic E-state index is 12.8. The molecule has 0 bridgehead atoms. The van der Waals surface area contributed by atoms with Gasteiger partial charge in [-0.05, 0) is 52.5 Å². The molecule has 0 spiro atoms. The van der Waals surface area contributed by atoms with E-state index in [2.05, 4.69) is 22.9 Å². The molecular formula is C9H10BrF. The quantitative estimate of drug-likeness (QED) is 0.675. The zero-order chi connectivity index (χ0) is 8.43. The topological polar surface area (TPSA) is 0 Å². The van der Waals surface area contributed by atoms with Crippen molar-refractivity contribution in [1.29, 1.82) is 0 Å². The molecule has 0 aromatic heterocycles. The molecule has 0 unspecified atom stereocenters. The first-order chi connectivity index (χ1) is 5.15. The van der Waals surface area contributed by atoms with E-state index in [9.17, 15) is 4.39 Å². The van der Waals surface area contributed by atoms with Crippen LogP contribution < -0.4 is 0 Å². The number of halogens is 2. The van der Waals surface area contributed by atoms with E-state index in [0.29, 0.717) is 4.47 Å². The van der Waals surface area contributed by atoms with E-state index in [1.54, 1.807) is 6.07 Å². The summed E-state index contributed by atoms with van der Waals surface area (Å²) in [4.78, 5) is 0. The summed E-state index contributed by atoms with van der Waals surface area (Å²) in [6, 6.07) is 3.40. The average molecular weight is 217 g/mol. The van der Waals surface area contributed by atoms with Gasteiger partial charge in [-0.25, -0.2) is 4.39 Å². The Balaban J connectivity index is 3.21. The summed E-state index contributed by atoms with van der Waals surface area (Å²) in [7, 11) is 0. The third-order valence-corrected chi connectivity index (χ3v) is 2.37. The average Bonchev–Trinajstić information content (AvgIpc) is 1.97. The summed E-state index contributed by atoms with van der Waals surface area (Å²) in [6.45, 7) is 3.99. The molecule has 0 fully saturated rings. The van der Waals surface area contributed by atoms with E-state index in [1.165, 1.54) is 5.56 Å². The Morgan fingerprint density at radius 3 is 2.64 bits per heavy atom. The van der Waals surface area contributed by atoms with Gasteiger partial charge in [0.1, 0.15) is 5.82 Å². The molecule has 0 amide bonds. The zero-order valence-electron chi connectivity index (χ0n) is 6.62. The Bertz CT molecular complexity index is 269. The lowest BCUT2D eigenvalue weighted by molar-refractivity contribution is 0.619. The number of aryl methyl sites for hydroxylation is 2. The van der Waals surface area contributed by atoms with Crippen molar-refractivity contribution < 1.29 is 4.39 Å². The van der Waals surface area contributed by atoms with Gasteiger partial charge in [0, 0.05) is 0 Å². The third kappa shape index (κ3) is 1.80. The Morgan fingerprint density at radius 2 is 2.09 bits per heavy atom. The lowest BCUT2D eigenvalue weighted by Crippen LogP contribution is -1.88. The molecule has 0 aliphatic carbocycles. The minimum Gasteiger partial charge on any atom is -0.206 e. The van der Waals surface area contributed by atoms with Crippen LogP contribution in [-0.4, -0.2) is 0 Å². The molecule has 0 radical (unpaired) electrons. The van der Waals surface area contributed by atoms with Gasteiger partial charge < -0.3 is 0 Å². The Morgan fingerprint density at radius 1 is 1.45 bits per heavy atom. The van der Waals surface area contributed by atoms with Crippen LogP contribution in [0.2, 0.25) is 0 Å². The SMILES string of the molecule is CCc1cc(Br)c(F)cc1C. The minimum absolute atomic E-state index is 0.181. The Labute approximate surface area is 74.6 Å². The monoisotopic (exact) mass is 216 g/mol. The Hall–Kier alpha value is -0.370. The Kier molecular flexibility index (Phi) is 2.66. The smallest absolute Gasteiger partial charge is 0.137 e. The molecule has 1 aromatic rings. The molecule has 1 rings (SSSR count). The molecule has 60 valence electrons. The van der Waals surface area contributed by atoms with Gasteiger partial charge in [0.2, 0.25) is 0 Å². The first-order valence-electron chi connectivity index (χ1n) is 3.59. The predicted molar refractivity (Wildman–Crippen MR) is 48.2 cm³/mol. The fraction of sp³-hybridized carbons (Fsp3) is 0.333. The minimum atomic E-state index is -0.181. The number of hydrogen-bond donors (Lipinski definition) is 0. The number of rotatable bonds is 1. The van der Waals surface area contributed by atoms with Crippen LogP contribution in [0.5, 0.6) is 0 Å². The second kappa shape index (κ2) is 3.35. The lowest BCUT2D eigenvalue weighted by Gasteiger charge is -2.03. The number of hydrogen-bond acceptors (Lipinski definition) is 0. The van der Waals surface area contributed by atoms with Crippen LogP contribution in [0.4, 0.5) is 4.39 Å². The van der Waals surface area contributed by atoms with E-state index >= 15 is 0 Å². The molecule has 0 aliphatic rings. The van der Waals surface area contributed by atoms with Crippen LogP contribution in [0.3, 0.4) is 0 Å². The van der Waals surface area contributed by atoms with Crippen molar-refractivity contribution in [2.24, 2.45) is 0 Å². The molecule has 11 heavy (non-hydrogen) atoms. The highest BCUT2D eigenvalue weighted by Crippen LogP contribution is 2.20. The maximum Gasteiger partial charge on any atom is 0.137 e. The standard InChI is InChI=1S/C9H10BrF/c1-3-7-5-8(10)9(11)4-6(7)2/h4-5H,3H2,1-2H3. The van der Waals surface area contributed by atoms with Gasteiger partial charge in [-0.1, -0.05) is 6.92 Å². The van der Waals surface area contributed by atoms with Crippen LogP contribution in [0.15, 0.2) is 16.6 Å². The fourth-order valence-corrected chi connectivity index (χ4v) is 1.46. The molecule has 0 N–H and O–H groups in total. The van der Waals surface area contributed by atoms with Gasteiger partial charge in [0.05, 0.1) is 4.47 Å². The van der Waals surface area contributed by atoms with Crippen molar-refractivity contribution in [2.45, 2.75) is 20.3 Å². The summed E-state index contributed by atoms with van der Waals surface area (Å²) < 4.78 is 13.4. The summed E-state index contributed by atoms with van der Waals surface area (Å²) in [5.41, 5.74) is 2.21. The van der Waals surface area contributed by atoms with Crippen LogP contribution in [-0.2, 0) is 6.42 Å². The van der Waals surface area contributed by atoms with Crippen LogP contribution in [0, 0.1) is 12.7 Å². The molecule has 0 saturated heterocycles. The van der Waals surface area contributed by atoms with Crippen molar-refractivity contribution in [1.82, 2.24) is 0 Å². The highest BCUT2D eigenvalue weighted by molar-refractivity contribution is 9.10. The van der Waals surface area contributed by atoms with Gasteiger partial charge >= 0.3 is 0 Å². The largest absolute Gasteiger partial charge is 0.206 e. The maximum atomic E-state index is 12.8. The van der Waals surface area contributed by atoms with Gasteiger partial charge in [-0.2, -0.15) is 0 Å². The summed E-state index contributed by atoms with van der Waals surface area (Å²) in [6.07, 6.45) is 0.949. The molecule has 2 heteroatoms. The first kappa shape index (κ1) is 8.72. The number of benzene rings is 1. The van der Waals surface area contributed by atoms with Crippen molar-refractivity contribution in [3.8, 4) is 0 Å².